The highest BCUT2D eigenvalue weighted by Gasteiger charge is 2.39. The molecule has 0 radical (unpaired) electrons. The van der Waals surface area contributed by atoms with Gasteiger partial charge in [-0.3, -0.25) is 19.7 Å². The summed E-state index contributed by atoms with van der Waals surface area (Å²) in [6.45, 7) is 2.05. The summed E-state index contributed by atoms with van der Waals surface area (Å²) in [7, 11) is 0. The summed E-state index contributed by atoms with van der Waals surface area (Å²) in [5.41, 5.74) is 2.20. The molecule has 1 saturated carbocycles. The summed E-state index contributed by atoms with van der Waals surface area (Å²) >= 11 is 0. The van der Waals surface area contributed by atoms with Gasteiger partial charge in [-0.2, -0.15) is 0 Å². The predicted octanol–water partition coefficient (Wildman–Crippen LogP) is 2.37. The van der Waals surface area contributed by atoms with E-state index in [1.54, 1.807) is 0 Å². The third-order valence-electron chi connectivity index (χ3n) is 6.47. The van der Waals surface area contributed by atoms with Crippen LogP contribution >= 0.6 is 12.4 Å². The van der Waals surface area contributed by atoms with Crippen molar-refractivity contribution in [3.8, 4) is 0 Å². The molecule has 4 rings (SSSR count). The first kappa shape index (κ1) is 21.6. The Balaban J connectivity index is 0.00000240. The van der Waals surface area contributed by atoms with Gasteiger partial charge in [0.1, 0.15) is 6.04 Å². The zero-order chi connectivity index (χ0) is 19.7. The zero-order valence-corrected chi connectivity index (χ0v) is 17.1. The van der Waals surface area contributed by atoms with E-state index in [9.17, 15) is 14.4 Å². The van der Waals surface area contributed by atoms with Gasteiger partial charge in [0, 0.05) is 18.2 Å². The largest absolute Gasteiger partial charge is 0.481 e. The smallest absolute Gasteiger partial charge is 0.306 e. The lowest BCUT2D eigenvalue weighted by Crippen LogP contribution is -2.49. The number of carbonyl (C=O) groups is 3. The van der Waals surface area contributed by atoms with Gasteiger partial charge in [-0.15, -0.1) is 12.4 Å². The van der Waals surface area contributed by atoms with Crippen LogP contribution in [0.2, 0.25) is 0 Å². The fourth-order valence-corrected chi connectivity index (χ4v) is 4.57. The van der Waals surface area contributed by atoms with E-state index in [1.165, 1.54) is 5.56 Å². The molecular weight excluding hydrogens is 394 g/mol. The molecule has 3 N–H and O–H groups in total. The van der Waals surface area contributed by atoms with E-state index >= 15 is 0 Å². The Labute approximate surface area is 176 Å². The fraction of sp³-hybridized carbons (Fsp3) is 0.571. The lowest BCUT2D eigenvalue weighted by Gasteiger charge is -2.44. The number of aliphatic carboxylic acids is 1. The van der Waals surface area contributed by atoms with Crippen molar-refractivity contribution in [1.29, 1.82) is 0 Å². The second kappa shape index (κ2) is 9.13. The first-order chi connectivity index (χ1) is 13.5. The molecule has 2 heterocycles. The van der Waals surface area contributed by atoms with Crippen molar-refractivity contribution in [2.45, 2.75) is 56.5 Å². The van der Waals surface area contributed by atoms with Gasteiger partial charge in [0.2, 0.25) is 11.8 Å². The number of carbonyl (C=O) groups excluding carboxylic acids is 2. The normalized spacial score (nSPS) is 28.1. The van der Waals surface area contributed by atoms with Gasteiger partial charge in [0.05, 0.1) is 5.92 Å². The summed E-state index contributed by atoms with van der Waals surface area (Å²) in [6.07, 6.45) is 4.66. The number of amides is 2. The number of benzene rings is 1. The highest BCUT2D eigenvalue weighted by molar-refractivity contribution is 6.01. The fourth-order valence-electron chi connectivity index (χ4n) is 4.57. The molecule has 7 nitrogen and oxygen atoms in total. The molecule has 8 heteroatoms. The summed E-state index contributed by atoms with van der Waals surface area (Å²) in [6, 6.07) is 8.35. The minimum absolute atomic E-state index is 0. The van der Waals surface area contributed by atoms with Crippen molar-refractivity contribution in [3.05, 3.63) is 29.8 Å². The summed E-state index contributed by atoms with van der Waals surface area (Å²) < 4.78 is 0. The Hall–Kier alpha value is -2.12. The number of halogens is 1. The van der Waals surface area contributed by atoms with Crippen molar-refractivity contribution in [2.24, 2.45) is 5.92 Å². The van der Waals surface area contributed by atoms with Gasteiger partial charge in [-0.25, -0.2) is 0 Å². The predicted molar refractivity (Wildman–Crippen MR) is 111 cm³/mol. The van der Waals surface area contributed by atoms with Crippen molar-refractivity contribution in [1.82, 2.24) is 10.2 Å². The molecule has 1 aromatic carbocycles. The molecule has 0 bridgehead atoms. The first-order valence-electron chi connectivity index (χ1n) is 10.2. The third kappa shape index (κ3) is 4.90. The molecule has 1 atom stereocenters. The monoisotopic (exact) mass is 421 g/mol. The number of nitrogens with zero attached hydrogens (tertiary/aromatic N) is 1. The number of hydrogen-bond donors (Lipinski definition) is 3. The molecule has 1 unspecified atom stereocenters. The Kier molecular flexibility index (Phi) is 6.80. The topological polar surface area (TPSA) is 98.7 Å². The van der Waals surface area contributed by atoms with E-state index < -0.39 is 5.97 Å². The number of carboxylic acid groups (broad SMARTS) is 1. The van der Waals surface area contributed by atoms with Gasteiger partial charge in [0.15, 0.2) is 0 Å². The summed E-state index contributed by atoms with van der Waals surface area (Å²) in [4.78, 5) is 36.5. The number of piperidine rings is 2. The average molecular weight is 422 g/mol. The van der Waals surface area contributed by atoms with E-state index in [4.69, 9.17) is 5.11 Å². The minimum atomic E-state index is -0.655. The Morgan fingerprint density at radius 2 is 1.72 bits per heavy atom. The summed E-state index contributed by atoms with van der Waals surface area (Å²) in [5, 5.41) is 14.6. The quantitative estimate of drug-likeness (QED) is 0.631. The van der Waals surface area contributed by atoms with Crippen LogP contribution < -0.4 is 10.6 Å². The van der Waals surface area contributed by atoms with E-state index in [2.05, 4.69) is 27.7 Å². The van der Waals surface area contributed by atoms with Crippen LogP contribution in [0, 0.1) is 5.92 Å². The Bertz CT molecular complexity index is 756. The van der Waals surface area contributed by atoms with E-state index in [0.29, 0.717) is 24.8 Å². The van der Waals surface area contributed by atoms with Gasteiger partial charge >= 0.3 is 5.97 Å². The highest BCUT2D eigenvalue weighted by Crippen LogP contribution is 2.36. The van der Waals surface area contributed by atoms with Gasteiger partial charge in [-0.05, 0) is 68.8 Å². The molecule has 0 spiro atoms. The van der Waals surface area contributed by atoms with Crippen LogP contribution in [0.1, 0.15) is 50.0 Å². The molecule has 2 saturated heterocycles. The van der Waals surface area contributed by atoms with Crippen LogP contribution in [-0.2, 0) is 14.4 Å². The molecule has 0 aromatic heterocycles. The lowest BCUT2D eigenvalue weighted by molar-refractivity contribution is -0.147. The maximum absolute atomic E-state index is 11.9. The standard InChI is InChI=1S/C21H27N3O4.ClH/c25-19-6-5-18(20(26)23-19)22-16-3-1-13(2-4-16)14-7-9-24(10-8-14)17-11-15(12-17)21(27)28;/h1-4,14-15,17-18,22H,5-12H2,(H,27,28)(H,23,25,26);1H. The number of likely N-dealkylation sites (tertiary alicyclic amines) is 1. The molecule has 3 fully saturated rings. The van der Waals surface area contributed by atoms with E-state index in [-0.39, 0.29) is 36.2 Å². The van der Waals surface area contributed by atoms with Crippen LogP contribution in [0.3, 0.4) is 0 Å². The number of carboxylic acids is 1. The highest BCUT2D eigenvalue weighted by atomic mass is 35.5. The number of nitrogens with one attached hydrogen (secondary N) is 2. The maximum Gasteiger partial charge on any atom is 0.306 e. The van der Waals surface area contributed by atoms with Crippen LogP contribution in [0.15, 0.2) is 24.3 Å². The van der Waals surface area contributed by atoms with Crippen LogP contribution in [0.5, 0.6) is 0 Å². The van der Waals surface area contributed by atoms with E-state index in [1.807, 2.05) is 12.1 Å². The summed E-state index contributed by atoms with van der Waals surface area (Å²) in [5.74, 6) is -0.737. The van der Waals surface area contributed by atoms with Crippen molar-refractivity contribution >= 4 is 35.9 Å². The van der Waals surface area contributed by atoms with Crippen LogP contribution in [0.25, 0.3) is 0 Å². The molecule has 3 aliphatic rings. The van der Waals surface area contributed by atoms with Gasteiger partial charge in [0.25, 0.3) is 0 Å². The molecule has 1 aliphatic carbocycles. The number of hydrogen-bond acceptors (Lipinski definition) is 5. The van der Waals surface area contributed by atoms with Crippen molar-refractivity contribution in [3.63, 3.8) is 0 Å². The van der Waals surface area contributed by atoms with Gasteiger partial charge < -0.3 is 15.3 Å². The second-order valence-corrected chi connectivity index (χ2v) is 8.24. The first-order valence-corrected chi connectivity index (χ1v) is 10.2. The number of imide groups is 1. The zero-order valence-electron chi connectivity index (χ0n) is 16.3. The molecule has 2 amide bonds. The van der Waals surface area contributed by atoms with Gasteiger partial charge in [-0.1, -0.05) is 12.1 Å². The number of rotatable bonds is 5. The second-order valence-electron chi connectivity index (χ2n) is 8.24. The average Bonchev–Trinajstić information content (AvgIpc) is 2.64. The van der Waals surface area contributed by atoms with E-state index in [0.717, 1.165) is 44.5 Å². The molecule has 2 aliphatic heterocycles. The molecule has 1 aromatic rings. The van der Waals surface area contributed by atoms with Crippen LogP contribution in [-0.4, -0.2) is 53.0 Å². The third-order valence-corrected chi connectivity index (χ3v) is 6.47. The maximum atomic E-state index is 11.9. The van der Waals surface area contributed by atoms with Crippen molar-refractivity contribution in [2.75, 3.05) is 18.4 Å². The molecule has 29 heavy (non-hydrogen) atoms. The lowest BCUT2D eigenvalue weighted by atomic mass is 9.78. The van der Waals surface area contributed by atoms with Crippen molar-refractivity contribution < 1.29 is 19.5 Å². The Morgan fingerprint density at radius 1 is 1.07 bits per heavy atom. The SMILES string of the molecule is Cl.O=C1CCC(Nc2ccc(C3CCN(C4CC(C(=O)O)C4)CC3)cc2)C(=O)N1. The number of anilines is 1. The molecule has 158 valence electrons. The Morgan fingerprint density at radius 3 is 2.31 bits per heavy atom. The van der Waals surface area contributed by atoms with Crippen LogP contribution in [0.4, 0.5) is 5.69 Å². The minimum Gasteiger partial charge on any atom is -0.481 e. The molecular formula is C21H28ClN3O4.